The fourth-order valence-electron chi connectivity index (χ4n) is 15.1. The van der Waals surface area contributed by atoms with E-state index in [4.69, 9.17) is 14.2 Å². The van der Waals surface area contributed by atoms with E-state index >= 15 is 0 Å². The van der Waals surface area contributed by atoms with Gasteiger partial charge in [-0.3, -0.25) is 0 Å². The molecule has 558 valence electrons. The van der Waals surface area contributed by atoms with Crippen LogP contribution in [-0.2, 0) is 0 Å². The van der Waals surface area contributed by atoms with E-state index in [1.807, 2.05) is 90.3 Å². The third-order valence-electron chi connectivity index (χ3n) is 20.8. The van der Waals surface area contributed by atoms with Crippen LogP contribution < -0.4 is 28.9 Å². The summed E-state index contributed by atoms with van der Waals surface area (Å²) in [7, 11) is 0. The van der Waals surface area contributed by atoms with Crippen LogP contribution in [0.3, 0.4) is 0 Å². The zero-order valence-electron chi connectivity index (χ0n) is 63.6. The minimum atomic E-state index is 0.722. The average Bonchev–Trinajstić information content (AvgIpc) is 0.783. The molecule has 0 aliphatic carbocycles. The Morgan fingerprint density at radius 3 is 0.821 bits per heavy atom. The number of ether oxygens (including phenoxy) is 3. The predicted molar refractivity (Wildman–Crippen MR) is 488 cm³/mol. The summed E-state index contributed by atoms with van der Waals surface area (Å²) in [5, 5.41) is 0. The number of rotatable bonds is 15. The Kier molecular flexibility index (Phi) is 21.1. The fraction of sp³-hybridized carbons (Fsp3) is 0. The second-order valence-electron chi connectivity index (χ2n) is 28.2. The van der Waals surface area contributed by atoms with Crippen molar-refractivity contribution in [2.24, 2.45) is 0 Å². The molecule has 18 aromatic carbocycles. The number of anilines is 9. The van der Waals surface area contributed by atoms with Crippen LogP contribution in [0.5, 0.6) is 34.5 Å². The van der Waals surface area contributed by atoms with Gasteiger partial charge in [-0.25, -0.2) is 0 Å². The van der Waals surface area contributed by atoms with Crippen molar-refractivity contribution in [2.75, 3.05) is 14.7 Å². The van der Waals surface area contributed by atoms with Gasteiger partial charge in [-0.2, -0.15) is 0 Å². The molecular formula is C108H75N3O3S3. The van der Waals surface area contributed by atoms with Crippen LogP contribution in [0, 0.1) is 0 Å². The van der Waals surface area contributed by atoms with Crippen LogP contribution >= 0.6 is 35.3 Å². The second-order valence-corrected chi connectivity index (χ2v) is 31.5. The molecule has 0 bridgehead atoms. The topological polar surface area (TPSA) is 37.4 Å². The normalized spacial score (nSPS) is 11.7. The first-order valence-electron chi connectivity index (χ1n) is 39.1. The highest BCUT2D eigenvalue weighted by atomic mass is 32.2. The van der Waals surface area contributed by atoms with Crippen molar-refractivity contribution < 1.29 is 14.2 Å². The number of benzene rings is 18. The lowest BCUT2D eigenvalue weighted by molar-refractivity contribution is 0.361. The van der Waals surface area contributed by atoms with Gasteiger partial charge in [0, 0.05) is 81.9 Å². The molecule has 9 heteroatoms. The Balaban J connectivity index is 0.000000117. The zero-order chi connectivity index (χ0) is 78.1. The van der Waals surface area contributed by atoms with Gasteiger partial charge >= 0.3 is 0 Å². The third kappa shape index (κ3) is 15.9. The smallest absolute Gasteiger partial charge is 0.177 e. The molecule has 3 aliphatic heterocycles. The predicted octanol–water partition coefficient (Wildman–Crippen LogP) is 32.2. The molecule has 0 fully saturated rings. The molecule has 0 saturated heterocycles. The van der Waals surface area contributed by atoms with Crippen LogP contribution in [0.25, 0.3) is 66.8 Å². The Morgan fingerprint density at radius 2 is 0.402 bits per heavy atom. The molecule has 3 heterocycles. The van der Waals surface area contributed by atoms with Crippen LogP contribution in [-0.4, -0.2) is 0 Å². The first kappa shape index (κ1) is 73.0. The Morgan fingerprint density at radius 1 is 0.145 bits per heavy atom. The fourth-order valence-corrected chi connectivity index (χ4v) is 18.5. The maximum atomic E-state index is 6.40. The van der Waals surface area contributed by atoms with Gasteiger partial charge in [0.1, 0.15) is 11.5 Å². The van der Waals surface area contributed by atoms with Crippen LogP contribution in [0.2, 0.25) is 0 Å². The zero-order valence-corrected chi connectivity index (χ0v) is 66.0. The first-order chi connectivity index (χ1) is 58.0. The standard InChI is InChI=1S/C36H25NO2.C36H25NOS.C36H25NS2/c1-3-10-26(11-4-1)27-18-22-30(23-19-27)37(29-12-5-2-6-13-29)31-24-20-28(21-25-31)32-14-9-17-35-36(32)39-34-16-8-7-15-33(34)38-35;1-3-10-26(11-4-1)27-18-22-30(23-19-27)37(29-12-5-2-6-13-29)31-24-20-28(21-25-31)32-14-9-17-35-36(32)38-33-15-7-8-16-34(33)39-35;1-3-10-26(11-4-1)27-18-22-30(23-19-27)37(29-12-5-2-6-13-29)31-24-20-28(21-25-31)32-14-9-17-35-36(32)39-34-16-8-7-15-33(34)38-35/h3*1-25H. The van der Waals surface area contributed by atoms with E-state index < -0.39 is 0 Å². The van der Waals surface area contributed by atoms with Crippen molar-refractivity contribution in [3.8, 4) is 101 Å². The number of hydrogen-bond acceptors (Lipinski definition) is 9. The quantitative estimate of drug-likeness (QED) is 0.0998. The molecule has 0 N–H and O–H groups in total. The molecule has 0 aromatic heterocycles. The molecule has 6 nitrogen and oxygen atoms in total. The SMILES string of the molecule is c1ccc(-c2ccc(N(c3ccccc3)c3ccc(-c4cccc5c4Oc4ccccc4O5)cc3)cc2)cc1.c1ccc(-c2ccc(N(c3ccccc3)c3ccc(-c4cccc5c4Oc4ccccc4S5)cc3)cc2)cc1.c1ccc(-c2ccc(N(c3ccccc3)c3ccc(-c4cccc5c4Sc4ccccc4S5)cc3)cc2)cc1. The number of fused-ring (bicyclic) bond motifs is 6. The summed E-state index contributed by atoms with van der Waals surface area (Å²) in [6.07, 6.45) is 0. The maximum Gasteiger partial charge on any atom is 0.177 e. The minimum Gasteiger partial charge on any atom is -0.454 e. The second kappa shape index (κ2) is 33.9. The highest BCUT2D eigenvalue weighted by molar-refractivity contribution is 8.05. The molecule has 3 aliphatic rings. The van der Waals surface area contributed by atoms with Crippen LogP contribution in [0.15, 0.2) is 484 Å². The lowest BCUT2D eigenvalue weighted by atomic mass is 10.0. The van der Waals surface area contributed by atoms with Gasteiger partial charge < -0.3 is 28.9 Å². The Labute approximate surface area is 695 Å². The van der Waals surface area contributed by atoms with Gasteiger partial charge in [0.15, 0.2) is 23.0 Å². The molecule has 0 atom stereocenters. The van der Waals surface area contributed by atoms with Crippen LogP contribution in [0.1, 0.15) is 0 Å². The summed E-state index contributed by atoms with van der Waals surface area (Å²) in [6, 6.07) is 159. The number of hydrogen-bond donors (Lipinski definition) is 0. The van der Waals surface area contributed by atoms with Crippen molar-refractivity contribution in [3.05, 3.63) is 455 Å². The number of para-hydroxylation sites is 8. The summed E-state index contributed by atoms with van der Waals surface area (Å²) >= 11 is 5.50. The highest BCUT2D eigenvalue weighted by Crippen LogP contribution is 2.55. The Hall–Kier alpha value is -14.2. The maximum absolute atomic E-state index is 6.40. The molecule has 0 spiro atoms. The van der Waals surface area contributed by atoms with E-state index in [1.165, 1.54) is 64.1 Å². The highest BCUT2D eigenvalue weighted by Gasteiger charge is 2.26. The summed E-state index contributed by atoms with van der Waals surface area (Å²) in [4.78, 5) is 14.5. The van der Waals surface area contributed by atoms with Crippen molar-refractivity contribution >= 4 is 86.5 Å². The molecule has 21 rings (SSSR count). The summed E-state index contributed by atoms with van der Waals surface area (Å²) in [5.74, 6) is 4.75. The monoisotopic (exact) mass is 1560 g/mol. The van der Waals surface area contributed by atoms with Crippen molar-refractivity contribution in [2.45, 2.75) is 29.4 Å². The van der Waals surface area contributed by atoms with E-state index in [1.54, 1.807) is 11.8 Å². The van der Waals surface area contributed by atoms with Gasteiger partial charge in [0.25, 0.3) is 0 Å². The molecule has 0 radical (unpaired) electrons. The van der Waals surface area contributed by atoms with Crippen molar-refractivity contribution in [3.63, 3.8) is 0 Å². The van der Waals surface area contributed by atoms with E-state index in [-0.39, 0.29) is 0 Å². The molecular weight excluding hydrogens is 1480 g/mol. The number of nitrogens with zero attached hydrogens (tertiary/aromatic N) is 3. The lowest BCUT2D eigenvalue weighted by Gasteiger charge is -2.26. The van der Waals surface area contributed by atoms with E-state index in [9.17, 15) is 0 Å². The van der Waals surface area contributed by atoms with Gasteiger partial charge in [0.2, 0.25) is 0 Å². The van der Waals surface area contributed by atoms with Gasteiger partial charge in [-0.1, -0.05) is 326 Å². The van der Waals surface area contributed by atoms with E-state index in [0.29, 0.717) is 0 Å². The van der Waals surface area contributed by atoms with Gasteiger partial charge in [-0.15, -0.1) is 0 Å². The van der Waals surface area contributed by atoms with E-state index in [0.717, 1.165) is 118 Å². The summed E-state index contributed by atoms with van der Waals surface area (Å²) < 4.78 is 18.8. The van der Waals surface area contributed by atoms with Gasteiger partial charge in [0.05, 0.1) is 9.79 Å². The van der Waals surface area contributed by atoms with E-state index in [2.05, 4.69) is 403 Å². The van der Waals surface area contributed by atoms with Gasteiger partial charge in [-0.05, 0) is 219 Å². The third-order valence-corrected chi connectivity index (χ3v) is 24.5. The van der Waals surface area contributed by atoms with Crippen molar-refractivity contribution in [1.82, 2.24) is 0 Å². The minimum absolute atomic E-state index is 0.722. The van der Waals surface area contributed by atoms with Crippen molar-refractivity contribution in [1.29, 1.82) is 0 Å². The lowest BCUT2D eigenvalue weighted by Crippen LogP contribution is -2.09. The molecule has 117 heavy (non-hydrogen) atoms. The largest absolute Gasteiger partial charge is 0.454 e. The first-order valence-corrected chi connectivity index (χ1v) is 41.5. The molecule has 0 saturated carbocycles. The molecule has 0 amide bonds. The van der Waals surface area contributed by atoms with Crippen LogP contribution in [0.4, 0.5) is 51.2 Å². The summed E-state index contributed by atoms with van der Waals surface area (Å²) in [5.41, 5.74) is 24.1. The summed E-state index contributed by atoms with van der Waals surface area (Å²) in [6.45, 7) is 0. The Bertz CT molecular complexity index is 5820. The average molecular weight is 1560 g/mol. The molecule has 0 unspecified atom stereocenters. The molecule has 18 aromatic rings.